The number of aromatic amines is 1. The monoisotopic (exact) mass is 485 g/mol. The molecule has 1 saturated heterocycles. The summed E-state index contributed by atoms with van der Waals surface area (Å²) in [6, 6.07) is 15.4. The average molecular weight is 486 g/mol. The van der Waals surface area contributed by atoms with E-state index in [-0.39, 0.29) is 17.9 Å². The highest BCUT2D eigenvalue weighted by atomic mass is 32.1. The largest absolute Gasteiger partial charge is 0.339 e. The van der Waals surface area contributed by atoms with Gasteiger partial charge in [0, 0.05) is 35.8 Å². The number of rotatable bonds is 5. The lowest BCUT2D eigenvalue weighted by molar-refractivity contribution is 0.0714. The number of carbonyl (C=O) groups is 2. The quantitative estimate of drug-likeness (QED) is 0.373. The van der Waals surface area contributed by atoms with Crippen molar-refractivity contribution in [1.82, 2.24) is 15.1 Å². The van der Waals surface area contributed by atoms with Gasteiger partial charge >= 0.3 is 0 Å². The number of hydrogen-bond donors (Lipinski definition) is 3. The van der Waals surface area contributed by atoms with Crippen LogP contribution in [0.25, 0.3) is 23.1 Å². The SMILES string of the molecule is Cc1ccsc1C(=O)Nc1cc(C(=O)N2CCC(N)CC2)ccc1C=Cc1n[nH]c2ccccc12. The first-order valence-corrected chi connectivity index (χ1v) is 12.5. The zero-order chi connectivity index (χ0) is 24.4. The molecule has 1 aliphatic rings. The molecule has 4 N–H and O–H groups in total. The van der Waals surface area contributed by atoms with Gasteiger partial charge in [-0.25, -0.2) is 0 Å². The second-order valence-electron chi connectivity index (χ2n) is 8.81. The molecule has 178 valence electrons. The Kier molecular flexibility index (Phi) is 6.48. The van der Waals surface area contributed by atoms with E-state index >= 15 is 0 Å². The van der Waals surface area contributed by atoms with Crippen LogP contribution in [-0.4, -0.2) is 46.0 Å². The minimum absolute atomic E-state index is 0.0477. The number of fused-ring (bicyclic) bond motifs is 1. The number of amides is 2. The van der Waals surface area contributed by atoms with Crippen LogP contribution in [0.1, 0.15) is 49.7 Å². The summed E-state index contributed by atoms with van der Waals surface area (Å²) in [7, 11) is 0. The molecule has 0 unspecified atom stereocenters. The summed E-state index contributed by atoms with van der Waals surface area (Å²) in [6.07, 6.45) is 5.41. The highest BCUT2D eigenvalue weighted by Gasteiger charge is 2.22. The summed E-state index contributed by atoms with van der Waals surface area (Å²) < 4.78 is 0. The van der Waals surface area contributed by atoms with Crippen molar-refractivity contribution in [1.29, 1.82) is 0 Å². The fourth-order valence-electron chi connectivity index (χ4n) is 4.29. The Labute approximate surface area is 207 Å². The maximum atomic E-state index is 13.2. The van der Waals surface area contributed by atoms with Crippen molar-refractivity contribution < 1.29 is 9.59 Å². The van der Waals surface area contributed by atoms with Crippen LogP contribution in [0, 0.1) is 6.92 Å². The van der Waals surface area contributed by atoms with E-state index in [0.717, 1.165) is 40.6 Å². The minimum Gasteiger partial charge on any atom is -0.339 e. The van der Waals surface area contributed by atoms with Crippen molar-refractivity contribution in [2.75, 3.05) is 18.4 Å². The third-order valence-electron chi connectivity index (χ3n) is 6.36. The number of nitrogens with zero attached hydrogens (tertiary/aromatic N) is 2. The van der Waals surface area contributed by atoms with E-state index in [1.54, 1.807) is 6.07 Å². The van der Waals surface area contributed by atoms with E-state index in [2.05, 4.69) is 15.5 Å². The first-order chi connectivity index (χ1) is 17.0. The second kappa shape index (κ2) is 9.85. The molecule has 35 heavy (non-hydrogen) atoms. The van der Waals surface area contributed by atoms with Crippen molar-refractivity contribution in [3.05, 3.63) is 81.2 Å². The summed E-state index contributed by atoms with van der Waals surface area (Å²) in [5, 5.41) is 13.4. The van der Waals surface area contributed by atoms with Crippen LogP contribution in [0.15, 0.2) is 53.9 Å². The smallest absolute Gasteiger partial charge is 0.266 e. The molecule has 0 atom stereocenters. The molecule has 0 saturated carbocycles. The minimum atomic E-state index is -0.189. The predicted molar refractivity (Wildman–Crippen MR) is 142 cm³/mol. The fraction of sp³-hybridized carbons (Fsp3) is 0.222. The number of aromatic nitrogens is 2. The lowest BCUT2D eigenvalue weighted by Crippen LogP contribution is -2.42. The van der Waals surface area contributed by atoms with Gasteiger partial charge in [-0.05, 0) is 66.6 Å². The number of hydrogen-bond acceptors (Lipinski definition) is 5. The first kappa shape index (κ1) is 23.0. The molecule has 2 aromatic carbocycles. The molecule has 4 aromatic rings. The third kappa shape index (κ3) is 4.89. The summed E-state index contributed by atoms with van der Waals surface area (Å²) >= 11 is 1.40. The zero-order valence-corrected chi connectivity index (χ0v) is 20.3. The summed E-state index contributed by atoms with van der Waals surface area (Å²) in [5.74, 6) is -0.237. The molecular formula is C27H27N5O2S. The number of piperidine rings is 1. The van der Waals surface area contributed by atoms with Gasteiger partial charge in [-0.1, -0.05) is 30.3 Å². The Bertz CT molecular complexity index is 1410. The first-order valence-electron chi connectivity index (χ1n) is 11.6. The molecule has 7 nitrogen and oxygen atoms in total. The maximum Gasteiger partial charge on any atom is 0.266 e. The molecule has 1 fully saturated rings. The molecule has 0 aliphatic carbocycles. The summed E-state index contributed by atoms with van der Waals surface area (Å²) in [4.78, 5) is 28.7. The number of aryl methyl sites for hydroxylation is 1. The van der Waals surface area contributed by atoms with E-state index in [0.29, 0.717) is 29.2 Å². The number of likely N-dealkylation sites (tertiary alicyclic amines) is 1. The topological polar surface area (TPSA) is 104 Å². The van der Waals surface area contributed by atoms with Crippen LogP contribution >= 0.6 is 11.3 Å². The molecule has 0 spiro atoms. The number of para-hydroxylation sites is 1. The number of anilines is 1. The number of H-pyrrole nitrogens is 1. The van der Waals surface area contributed by atoms with Crippen LogP contribution in [0.3, 0.4) is 0 Å². The molecule has 3 heterocycles. The normalized spacial score (nSPS) is 14.6. The number of thiophene rings is 1. The number of benzene rings is 2. The number of nitrogens with two attached hydrogens (primary N) is 1. The molecule has 8 heteroatoms. The van der Waals surface area contributed by atoms with Crippen LogP contribution in [0.5, 0.6) is 0 Å². The van der Waals surface area contributed by atoms with E-state index in [1.807, 2.05) is 71.8 Å². The Balaban J connectivity index is 1.47. The molecular weight excluding hydrogens is 458 g/mol. The second-order valence-corrected chi connectivity index (χ2v) is 9.72. The van der Waals surface area contributed by atoms with Crippen molar-refractivity contribution in [3.63, 3.8) is 0 Å². The summed E-state index contributed by atoms with van der Waals surface area (Å²) in [5.41, 5.74) is 10.6. The van der Waals surface area contributed by atoms with Gasteiger partial charge < -0.3 is 16.0 Å². The van der Waals surface area contributed by atoms with Crippen molar-refractivity contribution >= 4 is 51.9 Å². The van der Waals surface area contributed by atoms with Crippen molar-refractivity contribution in [2.24, 2.45) is 5.73 Å². The maximum absolute atomic E-state index is 13.2. The highest BCUT2D eigenvalue weighted by Crippen LogP contribution is 2.26. The Hall–Kier alpha value is -3.75. The third-order valence-corrected chi connectivity index (χ3v) is 7.38. The van der Waals surface area contributed by atoms with Gasteiger partial charge in [-0.2, -0.15) is 5.10 Å². The van der Waals surface area contributed by atoms with Crippen LogP contribution in [-0.2, 0) is 0 Å². The molecule has 5 rings (SSSR count). The van der Waals surface area contributed by atoms with Gasteiger partial charge in [-0.3, -0.25) is 14.7 Å². The van der Waals surface area contributed by atoms with E-state index in [9.17, 15) is 9.59 Å². The van der Waals surface area contributed by atoms with Crippen LogP contribution in [0.4, 0.5) is 5.69 Å². The van der Waals surface area contributed by atoms with Crippen LogP contribution in [0.2, 0.25) is 0 Å². The lowest BCUT2D eigenvalue weighted by atomic mass is 10.0. The van der Waals surface area contributed by atoms with Gasteiger partial charge in [0.05, 0.1) is 16.1 Å². The molecule has 1 aliphatic heterocycles. The van der Waals surface area contributed by atoms with Crippen molar-refractivity contribution in [2.45, 2.75) is 25.8 Å². The Morgan fingerprint density at radius 3 is 2.71 bits per heavy atom. The molecule has 0 bridgehead atoms. The van der Waals surface area contributed by atoms with Crippen LogP contribution < -0.4 is 11.1 Å². The molecule has 2 aromatic heterocycles. The average Bonchev–Trinajstić information content (AvgIpc) is 3.49. The fourth-order valence-corrected chi connectivity index (χ4v) is 5.11. The standard InChI is InChI=1S/C27H27N5O2S/c1-17-12-15-35-25(17)26(33)29-24-16-19(27(34)32-13-10-20(28)11-14-32)7-6-18(24)8-9-23-21-4-2-3-5-22(21)30-31-23/h2-9,12,15-16,20H,10-11,13-14,28H2,1H3,(H,29,33)(H,30,31). The Morgan fingerprint density at radius 2 is 1.94 bits per heavy atom. The molecule has 2 amide bonds. The van der Waals surface area contributed by atoms with E-state index in [4.69, 9.17) is 5.73 Å². The van der Waals surface area contributed by atoms with E-state index in [1.165, 1.54) is 11.3 Å². The lowest BCUT2D eigenvalue weighted by Gasteiger charge is -2.30. The van der Waals surface area contributed by atoms with Gasteiger partial charge in [0.15, 0.2) is 0 Å². The van der Waals surface area contributed by atoms with Crippen molar-refractivity contribution in [3.8, 4) is 0 Å². The number of nitrogens with one attached hydrogen (secondary N) is 2. The van der Waals surface area contributed by atoms with Gasteiger partial charge in [-0.15, -0.1) is 11.3 Å². The van der Waals surface area contributed by atoms with Gasteiger partial charge in [0.25, 0.3) is 11.8 Å². The van der Waals surface area contributed by atoms with Gasteiger partial charge in [0.1, 0.15) is 0 Å². The van der Waals surface area contributed by atoms with Gasteiger partial charge in [0.2, 0.25) is 0 Å². The summed E-state index contributed by atoms with van der Waals surface area (Å²) in [6.45, 7) is 3.20. The van der Waals surface area contributed by atoms with E-state index < -0.39 is 0 Å². The highest BCUT2D eigenvalue weighted by molar-refractivity contribution is 7.12. The predicted octanol–water partition coefficient (Wildman–Crippen LogP) is 4.92. The zero-order valence-electron chi connectivity index (χ0n) is 19.5. The molecule has 0 radical (unpaired) electrons. The Morgan fingerprint density at radius 1 is 1.14 bits per heavy atom. The number of carbonyl (C=O) groups excluding carboxylic acids is 2.